The summed E-state index contributed by atoms with van der Waals surface area (Å²) in [5.41, 5.74) is 7.65. The Bertz CT molecular complexity index is 402. The van der Waals surface area contributed by atoms with Gasteiger partial charge < -0.3 is 10.7 Å². The van der Waals surface area contributed by atoms with Gasteiger partial charge in [-0.15, -0.1) is 0 Å². The molecule has 3 nitrogen and oxygen atoms in total. The molecule has 0 saturated carbocycles. The summed E-state index contributed by atoms with van der Waals surface area (Å²) in [5, 5.41) is 0. The Morgan fingerprint density at radius 1 is 1.62 bits per heavy atom. The number of aromatic nitrogens is 1. The minimum Gasteiger partial charge on any atom is -0.405 e. The number of nitrogens with one attached hydrogen (secondary N) is 1. The number of pyridine rings is 1. The molecule has 0 radical (unpaired) electrons. The van der Waals surface area contributed by atoms with Gasteiger partial charge in [-0.25, -0.2) is 0 Å². The van der Waals surface area contributed by atoms with Gasteiger partial charge in [0.2, 0.25) is 5.56 Å². The quantitative estimate of drug-likeness (QED) is 0.712. The predicted molar refractivity (Wildman–Crippen MR) is 55.1 cm³/mol. The van der Waals surface area contributed by atoms with Crippen LogP contribution in [0.2, 0.25) is 0 Å². The van der Waals surface area contributed by atoms with E-state index in [4.69, 9.17) is 5.73 Å². The summed E-state index contributed by atoms with van der Waals surface area (Å²) in [6.45, 7) is 5.47. The normalized spacial score (nSPS) is 10.5. The van der Waals surface area contributed by atoms with Gasteiger partial charge in [0.15, 0.2) is 0 Å². The molecule has 0 aliphatic heterocycles. The van der Waals surface area contributed by atoms with Crippen molar-refractivity contribution in [3.05, 3.63) is 46.0 Å². The molecule has 0 amide bonds. The SMILES string of the molecule is C=Cc1[nH]c(=O)cc(C)c1/C=C/N. The minimum absolute atomic E-state index is 0.124. The number of rotatable bonds is 2. The molecule has 0 aromatic carbocycles. The molecule has 0 spiro atoms. The highest BCUT2D eigenvalue weighted by molar-refractivity contribution is 5.63. The lowest BCUT2D eigenvalue weighted by Gasteiger charge is -2.03. The Hall–Kier alpha value is -1.77. The highest BCUT2D eigenvalue weighted by atomic mass is 16.1. The number of hydrogen-bond acceptors (Lipinski definition) is 2. The van der Waals surface area contributed by atoms with Gasteiger partial charge in [0, 0.05) is 17.3 Å². The van der Waals surface area contributed by atoms with Gasteiger partial charge >= 0.3 is 0 Å². The van der Waals surface area contributed by atoms with Crippen molar-refractivity contribution < 1.29 is 0 Å². The highest BCUT2D eigenvalue weighted by Gasteiger charge is 2.00. The van der Waals surface area contributed by atoms with Crippen LogP contribution >= 0.6 is 0 Å². The summed E-state index contributed by atoms with van der Waals surface area (Å²) < 4.78 is 0. The van der Waals surface area contributed by atoms with Crippen molar-refractivity contribution in [3.8, 4) is 0 Å². The van der Waals surface area contributed by atoms with Crippen LogP contribution in [0.25, 0.3) is 12.2 Å². The van der Waals surface area contributed by atoms with E-state index in [1.165, 1.54) is 12.3 Å². The first kappa shape index (κ1) is 9.32. The second-order valence-corrected chi connectivity index (χ2v) is 2.71. The maximum atomic E-state index is 11.1. The zero-order valence-electron chi connectivity index (χ0n) is 7.50. The van der Waals surface area contributed by atoms with Crippen LogP contribution in [0.4, 0.5) is 0 Å². The van der Waals surface area contributed by atoms with Crippen LogP contribution in [0.15, 0.2) is 23.6 Å². The summed E-state index contributed by atoms with van der Waals surface area (Å²) in [4.78, 5) is 13.7. The summed E-state index contributed by atoms with van der Waals surface area (Å²) in [6.07, 6.45) is 4.78. The van der Waals surface area contributed by atoms with E-state index in [9.17, 15) is 4.79 Å². The predicted octanol–water partition coefficient (Wildman–Crippen LogP) is 1.26. The molecule has 68 valence electrons. The molecule has 0 fully saturated rings. The van der Waals surface area contributed by atoms with Crippen LogP contribution in [0.3, 0.4) is 0 Å². The molecule has 1 aromatic heterocycles. The molecular formula is C10H12N2O. The van der Waals surface area contributed by atoms with E-state index in [0.717, 1.165) is 11.1 Å². The Balaban J connectivity index is 3.46. The lowest BCUT2D eigenvalue weighted by molar-refractivity contribution is 1.17. The van der Waals surface area contributed by atoms with Crippen molar-refractivity contribution in [1.82, 2.24) is 4.98 Å². The van der Waals surface area contributed by atoms with Crippen LogP contribution in [0, 0.1) is 6.92 Å². The van der Waals surface area contributed by atoms with Crippen molar-refractivity contribution in [1.29, 1.82) is 0 Å². The van der Waals surface area contributed by atoms with Gasteiger partial charge in [-0.2, -0.15) is 0 Å². The molecule has 0 unspecified atom stereocenters. The molecule has 0 aliphatic carbocycles. The highest BCUT2D eigenvalue weighted by Crippen LogP contribution is 2.11. The van der Waals surface area contributed by atoms with Crippen molar-refractivity contribution in [2.75, 3.05) is 0 Å². The average molecular weight is 176 g/mol. The first-order chi connectivity index (χ1) is 6.19. The largest absolute Gasteiger partial charge is 0.405 e. The second kappa shape index (κ2) is 3.76. The van der Waals surface area contributed by atoms with Crippen LogP contribution in [-0.4, -0.2) is 4.98 Å². The summed E-state index contributed by atoms with van der Waals surface area (Å²) in [5.74, 6) is 0. The van der Waals surface area contributed by atoms with Crippen LogP contribution in [-0.2, 0) is 0 Å². The van der Waals surface area contributed by atoms with Crippen molar-refractivity contribution in [2.45, 2.75) is 6.92 Å². The fourth-order valence-corrected chi connectivity index (χ4v) is 1.20. The topological polar surface area (TPSA) is 58.9 Å². The Labute approximate surface area is 76.6 Å². The third kappa shape index (κ3) is 1.87. The minimum atomic E-state index is -0.124. The Morgan fingerprint density at radius 2 is 2.31 bits per heavy atom. The van der Waals surface area contributed by atoms with Gasteiger partial charge in [-0.3, -0.25) is 4.79 Å². The van der Waals surface area contributed by atoms with E-state index in [2.05, 4.69) is 11.6 Å². The van der Waals surface area contributed by atoms with Gasteiger partial charge in [0.25, 0.3) is 0 Å². The second-order valence-electron chi connectivity index (χ2n) is 2.71. The molecule has 1 aromatic rings. The van der Waals surface area contributed by atoms with E-state index in [-0.39, 0.29) is 5.56 Å². The maximum absolute atomic E-state index is 11.1. The van der Waals surface area contributed by atoms with Crippen LogP contribution in [0.1, 0.15) is 16.8 Å². The van der Waals surface area contributed by atoms with E-state index in [1.807, 2.05) is 6.92 Å². The standard InChI is InChI=1S/C10H12N2O/c1-3-9-8(4-5-11)7(2)6-10(13)12-9/h3-6H,1,11H2,2H3,(H,12,13)/b5-4+. The lowest BCUT2D eigenvalue weighted by Crippen LogP contribution is -2.08. The molecule has 3 heteroatoms. The van der Waals surface area contributed by atoms with Crippen molar-refractivity contribution >= 4 is 12.2 Å². The monoisotopic (exact) mass is 176 g/mol. The van der Waals surface area contributed by atoms with Gasteiger partial charge in [-0.1, -0.05) is 6.58 Å². The fourth-order valence-electron chi connectivity index (χ4n) is 1.20. The zero-order chi connectivity index (χ0) is 9.84. The molecule has 3 N–H and O–H groups in total. The van der Waals surface area contributed by atoms with Crippen LogP contribution in [0.5, 0.6) is 0 Å². The third-order valence-corrected chi connectivity index (χ3v) is 1.79. The zero-order valence-corrected chi connectivity index (χ0v) is 7.50. The molecule has 0 bridgehead atoms. The van der Waals surface area contributed by atoms with Gasteiger partial charge in [0.1, 0.15) is 0 Å². The lowest BCUT2D eigenvalue weighted by atomic mass is 10.1. The van der Waals surface area contributed by atoms with Crippen molar-refractivity contribution in [2.24, 2.45) is 5.73 Å². The van der Waals surface area contributed by atoms with Crippen molar-refractivity contribution in [3.63, 3.8) is 0 Å². The summed E-state index contributed by atoms with van der Waals surface area (Å²) in [7, 11) is 0. The molecule has 0 atom stereocenters. The average Bonchev–Trinajstić information content (AvgIpc) is 2.09. The number of aromatic amines is 1. The summed E-state index contributed by atoms with van der Waals surface area (Å²) in [6, 6.07) is 1.53. The molecule has 1 rings (SSSR count). The number of nitrogens with two attached hydrogens (primary N) is 1. The first-order valence-corrected chi connectivity index (χ1v) is 3.93. The fraction of sp³-hybridized carbons (Fsp3) is 0.100. The van der Waals surface area contributed by atoms with Gasteiger partial charge in [0.05, 0.1) is 0 Å². The van der Waals surface area contributed by atoms with E-state index >= 15 is 0 Å². The Kier molecular flexibility index (Phi) is 2.69. The maximum Gasteiger partial charge on any atom is 0.248 e. The van der Waals surface area contributed by atoms with E-state index in [1.54, 1.807) is 12.2 Å². The molecule has 0 saturated heterocycles. The number of aryl methyl sites for hydroxylation is 1. The Morgan fingerprint density at radius 3 is 2.85 bits per heavy atom. The summed E-state index contributed by atoms with van der Waals surface area (Å²) >= 11 is 0. The van der Waals surface area contributed by atoms with Crippen LogP contribution < -0.4 is 11.3 Å². The molecule has 1 heterocycles. The molecule has 13 heavy (non-hydrogen) atoms. The first-order valence-electron chi connectivity index (χ1n) is 3.93. The van der Waals surface area contributed by atoms with E-state index in [0.29, 0.717) is 5.69 Å². The third-order valence-electron chi connectivity index (χ3n) is 1.79. The number of hydrogen-bond donors (Lipinski definition) is 2. The molecular weight excluding hydrogens is 164 g/mol. The number of H-pyrrole nitrogens is 1. The smallest absolute Gasteiger partial charge is 0.248 e. The molecule has 0 aliphatic rings. The van der Waals surface area contributed by atoms with Gasteiger partial charge in [-0.05, 0) is 30.8 Å². The van der Waals surface area contributed by atoms with E-state index < -0.39 is 0 Å².